The van der Waals surface area contributed by atoms with Crippen molar-refractivity contribution in [2.24, 2.45) is 5.92 Å². The van der Waals surface area contributed by atoms with Gasteiger partial charge < -0.3 is 10.4 Å². The van der Waals surface area contributed by atoms with Crippen LogP contribution in [0.25, 0.3) is 10.6 Å². The normalized spacial score (nSPS) is 15.5. The number of carbonyl (C=O) groups is 1. The Balaban J connectivity index is 1.54. The Morgan fingerprint density at radius 2 is 1.96 bits per heavy atom. The van der Waals surface area contributed by atoms with E-state index in [9.17, 15) is 4.79 Å². The summed E-state index contributed by atoms with van der Waals surface area (Å²) >= 11 is 1.40. The van der Waals surface area contributed by atoms with Crippen LogP contribution in [0, 0.1) is 5.92 Å². The maximum Gasteiger partial charge on any atom is 0.303 e. The van der Waals surface area contributed by atoms with Gasteiger partial charge >= 0.3 is 5.97 Å². The minimum atomic E-state index is -0.826. The number of aliphatic carboxylic acids is 1. The molecule has 0 radical (unpaired) electrons. The molecule has 3 rings (SSSR count). The standard InChI is InChI=1S/C16H21N5O2S/c22-15(23)4-3-14-20-21-16(24-14)12-9-18-13(19-10-12)2-1-11-5-7-17-8-6-11/h9-11,17H,1-8H2,(H,22,23). The molecule has 0 atom stereocenters. The Morgan fingerprint density at radius 3 is 2.67 bits per heavy atom. The molecule has 0 aliphatic carbocycles. The molecule has 0 bridgehead atoms. The third-order valence-corrected chi connectivity index (χ3v) is 5.24. The van der Waals surface area contributed by atoms with Crippen molar-refractivity contribution in [1.82, 2.24) is 25.5 Å². The zero-order valence-electron chi connectivity index (χ0n) is 13.4. The molecule has 7 nitrogen and oxygen atoms in total. The van der Waals surface area contributed by atoms with Crippen molar-refractivity contribution in [2.45, 2.75) is 38.5 Å². The van der Waals surface area contributed by atoms with Crippen LogP contribution in [0.15, 0.2) is 12.4 Å². The van der Waals surface area contributed by atoms with E-state index in [-0.39, 0.29) is 6.42 Å². The number of hydrogen-bond donors (Lipinski definition) is 2. The molecule has 1 fully saturated rings. The van der Waals surface area contributed by atoms with E-state index in [1.165, 1.54) is 24.2 Å². The van der Waals surface area contributed by atoms with Crippen molar-refractivity contribution in [3.05, 3.63) is 23.2 Å². The fraction of sp³-hybridized carbons (Fsp3) is 0.562. The largest absolute Gasteiger partial charge is 0.481 e. The summed E-state index contributed by atoms with van der Waals surface area (Å²) in [4.78, 5) is 19.5. The van der Waals surface area contributed by atoms with Crippen LogP contribution in [0.4, 0.5) is 0 Å². The number of nitrogens with one attached hydrogen (secondary N) is 1. The molecule has 0 spiro atoms. The van der Waals surface area contributed by atoms with Crippen LogP contribution in [0.1, 0.15) is 36.5 Å². The molecule has 2 aromatic heterocycles. The first kappa shape index (κ1) is 16.9. The Hall–Kier alpha value is -1.93. The topological polar surface area (TPSA) is 101 Å². The van der Waals surface area contributed by atoms with Gasteiger partial charge in [0.2, 0.25) is 0 Å². The van der Waals surface area contributed by atoms with Gasteiger partial charge in [-0.15, -0.1) is 10.2 Å². The fourth-order valence-corrected chi connectivity index (χ4v) is 3.60. The average molecular weight is 347 g/mol. The number of carboxylic acid groups (broad SMARTS) is 1. The number of aromatic nitrogens is 4. The zero-order valence-corrected chi connectivity index (χ0v) is 14.3. The lowest BCUT2D eigenvalue weighted by Gasteiger charge is -2.21. The molecule has 24 heavy (non-hydrogen) atoms. The summed E-state index contributed by atoms with van der Waals surface area (Å²) in [6, 6.07) is 0. The van der Waals surface area contributed by atoms with E-state index in [0.29, 0.717) is 6.42 Å². The van der Waals surface area contributed by atoms with Crippen LogP contribution >= 0.6 is 11.3 Å². The Bertz CT molecular complexity index is 667. The van der Waals surface area contributed by atoms with Crippen LogP contribution in [0.5, 0.6) is 0 Å². The molecule has 8 heteroatoms. The van der Waals surface area contributed by atoms with Crippen molar-refractivity contribution >= 4 is 17.3 Å². The van der Waals surface area contributed by atoms with Crippen LogP contribution in [-0.4, -0.2) is 44.3 Å². The lowest BCUT2D eigenvalue weighted by Crippen LogP contribution is -2.28. The SMILES string of the molecule is O=C(O)CCc1nnc(-c2cnc(CCC3CCNCC3)nc2)s1. The molecule has 1 aliphatic heterocycles. The molecule has 0 aromatic carbocycles. The number of hydrogen-bond acceptors (Lipinski definition) is 7. The van der Waals surface area contributed by atoms with Gasteiger partial charge in [0, 0.05) is 30.8 Å². The van der Waals surface area contributed by atoms with Crippen LogP contribution in [0.2, 0.25) is 0 Å². The quantitative estimate of drug-likeness (QED) is 0.789. The van der Waals surface area contributed by atoms with Crippen LogP contribution in [0.3, 0.4) is 0 Å². The van der Waals surface area contributed by atoms with Gasteiger partial charge in [0.15, 0.2) is 5.01 Å². The monoisotopic (exact) mass is 347 g/mol. The minimum Gasteiger partial charge on any atom is -0.481 e. The number of nitrogens with zero attached hydrogens (tertiary/aromatic N) is 4. The molecule has 2 N–H and O–H groups in total. The number of rotatable bonds is 7. The highest BCUT2D eigenvalue weighted by atomic mass is 32.1. The predicted octanol–water partition coefficient (Wildman–Crippen LogP) is 1.94. The smallest absolute Gasteiger partial charge is 0.303 e. The van der Waals surface area contributed by atoms with Gasteiger partial charge in [-0.1, -0.05) is 11.3 Å². The first-order valence-corrected chi connectivity index (χ1v) is 9.08. The van der Waals surface area contributed by atoms with Gasteiger partial charge in [-0.3, -0.25) is 4.79 Å². The number of aryl methyl sites for hydroxylation is 2. The summed E-state index contributed by atoms with van der Waals surface area (Å²) in [5.74, 6) is 0.815. The van der Waals surface area contributed by atoms with E-state index in [0.717, 1.165) is 53.3 Å². The molecular weight excluding hydrogens is 326 g/mol. The summed E-state index contributed by atoms with van der Waals surface area (Å²) < 4.78 is 0. The molecule has 1 saturated heterocycles. The highest BCUT2D eigenvalue weighted by Crippen LogP contribution is 2.23. The van der Waals surface area contributed by atoms with E-state index in [2.05, 4.69) is 25.5 Å². The van der Waals surface area contributed by atoms with Gasteiger partial charge in [-0.05, 0) is 38.3 Å². The second-order valence-electron chi connectivity index (χ2n) is 6.01. The first-order chi connectivity index (χ1) is 11.7. The van der Waals surface area contributed by atoms with Crippen molar-refractivity contribution < 1.29 is 9.90 Å². The molecule has 2 aromatic rings. The fourth-order valence-electron chi connectivity index (χ4n) is 2.78. The number of piperidine rings is 1. The highest BCUT2D eigenvalue weighted by Gasteiger charge is 2.14. The summed E-state index contributed by atoms with van der Waals surface area (Å²) in [7, 11) is 0. The summed E-state index contributed by atoms with van der Waals surface area (Å²) in [5, 5.41) is 21.7. The lowest BCUT2D eigenvalue weighted by molar-refractivity contribution is -0.136. The second kappa shape index (κ2) is 8.25. The third kappa shape index (κ3) is 4.78. The van der Waals surface area contributed by atoms with Gasteiger partial charge in [-0.25, -0.2) is 9.97 Å². The van der Waals surface area contributed by atoms with Crippen LogP contribution < -0.4 is 5.32 Å². The van der Waals surface area contributed by atoms with E-state index >= 15 is 0 Å². The van der Waals surface area contributed by atoms with E-state index < -0.39 is 5.97 Å². The molecule has 0 saturated carbocycles. The molecule has 0 unspecified atom stereocenters. The molecule has 3 heterocycles. The van der Waals surface area contributed by atoms with E-state index in [1.807, 2.05) is 0 Å². The van der Waals surface area contributed by atoms with E-state index in [1.54, 1.807) is 12.4 Å². The molecule has 128 valence electrons. The van der Waals surface area contributed by atoms with Crippen LogP contribution in [-0.2, 0) is 17.6 Å². The van der Waals surface area contributed by atoms with Gasteiger partial charge in [0.1, 0.15) is 10.8 Å². The zero-order chi connectivity index (χ0) is 16.8. The Morgan fingerprint density at radius 1 is 1.21 bits per heavy atom. The van der Waals surface area contributed by atoms with E-state index in [4.69, 9.17) is 5.11 Å². The van der Waals surface area contributed by atoms with Crippen molar-refractivity contribution in [3.8, 4) is 10.6 Å². The Labute approximate surface area is 144 Å². The summed E-state index contributed by atoms with van der Waals surface area (Å²) in [5.41, 5.74) is 0.833. The summed E-state index contributed by atoms with van der Waals surface area (Å²) in [6.07, 6.45) is 8.56. The lowest BCUT2D eigenvalue weighted by atomic mass is 9.93. The number of carboxylic acids is 1. The first-order valence-electron chi connectivity index (χ1n) is 8.27. The second-order valence-corrected chi connectivity index (χ2v) is 7.08. The van der Waals surface area contributed by atoms with Gasteiger partial charge in [0.05, 0.1) is 6.42 Å². The Kier molecular flexibility index (Phi) is 5.81. The third-order valence-electron chi connectivity index (χ3n) is 4.21. The molecular formula is C16H21N5O2S. The van der Waals surface area contributed by atoms with Crippen molar-refractivity contribution in [3.63, 3.8) is 0 Å². The minimum absolute atomic E-state index is 0.0702. The highest BCUT2D eigenvalue weighted by molar-refractivity contribution is 7.14. The average Bonchev–Trinajstić information content (AvgIpc) is 3.08. The predicted molar refractivity (Wildman–Crippen MR) is 90.8 cm³/mol. The molecule has 0 amide bonds. The maximum atomic E-state index is 10.6. The van der Waals surface area contributed by atoms with Crippen molar-refractivity contribution in [1.29, 1.82) is 0 Å². The van der Waals surface area contributed by atoms with Crippen molar-refractivity contribution in [2.75, 3.05) is 13.1 Å². The van der Waals surface area contributed by atoms with Gasteiger partial charge in [-0.2, -0.15) is 0 Å². The maximum absolute atomic E-state index is 10.6. The van der Waals surface area contributed by atoms with Gasteiger partial charge in [0.25, 0.3) is 0 Å². The molecule has 1 aliphatic rings. The summed E-state index contributed by atoms with van der Waals surface area (Å²) in [6.45, 7) is 2.23.